The highest BCUT2D eigenvalue weighted by Crippen LogP contribution is 2.29. The van der Waals surface area contributed by atoms with Gasteiger partial charge in [0.2, 0.25) is 0 Å². The maximum Gasteiger partial charge on any atom is 0.354 e. The fourth-order valence-corrected chi connectivity index (χ4v) is 2.90. The first kappa shape index (κ1) is 13.8. The van der Waals surface area contributed by atoms with Gasteiger partial charge in [-0.25, -0.2) is 9.78 Å². The molecule has 0 radical (unpaired) electrons. The number of carboxylic acid groups (broad SMARTS) is 1. The van der Waals surface area contributed by atoms with Crippen LogP contribution in [0, 0.1) is 0 Å². The van der Waals surface area contributed by atoms with Crippen LogP contribution in [0.1, 0.15) is 24.3 Å². The van der Waals surface area contributed by atoms with Gasteiger partial charge in [-0.05, 0) is 26.0 Å². The molecule has 1 aromatic carbocycles. The van der Waals surface area contributed by atoms with Gasteiger partial charge in [0.05, 0.1) is 17.7 Å². The Morgan fingerprint density at radius 1 is 1.29 bits per heavy atom. The van der Waals surface area contributed by atoms with Crippen molar-refractivity contribution in [1.82, 2.24) is 4.98 Å². The lowest BCUT2D eigenvalue weighted by atomic mass is 10.1. The number of pyridine rings is 1. The molecule has 0 unspecified atom stereocenters. The molecule has 1 saturated heterocycles. The molecule has 1 N–H and O–H groups in total. The van der Waals surface area contributed by atoms with Crippen LogP contribution in [-0.2, 0) is 4.74 Å². The Kier molecular flexibility index (Phi) is 3.51. The Morgan fingerprint density at radius 3 is 2.62 bits per heavy atom. The molecule has 1 fully saturated rings. The number of benzene rings is 1. The number of aromatic nitrogens is 1. The molecule has 5 heteroatoms. The van der Waals surface area contributed by atoms with E-state index in [1.807, 2.05) is 38.1 Å². The van der Waals surface area contributed by atoms with Crippen molar-refractivity contribution in [3.05, 3.63) is 36.0 Å². The van der Waals surface area contributed by atoms with E-state index >= 15 is 0 Å². The van der Waals surface area contributed by atoms with E-state index in [4.69, 9.17) is 4.74 Å². The van der Waals surface area contributed by atoms with Crippen LogP contribution >= 0.6 is 0 Å². The summed E-state index contributed by atoms with van der Waals surface area (Å²) in [6, 6.07) is 9.30. The van der Waals surface area contributed by atoms with E-state index in [0.717, 1.165) is 24.2 Å². The number of morpholine rings is 1. The van der Waals surface area contributed by atoms with Crippen molar-refractivity contribution in [3.63, 3.8) is 0 Å². The Labute approximate surface area is 123 Å². The molecule has 2 atom stereocenters. The van der Waals surface area contributed by atoms with Gasteiger partial charge in [-0.1, -0.05) is 18.2 Å². The zero-order chi connectivity index (χ0) is 15.0. The highest BCUT2D eigenvalue weighted by atomic mass is 16.5. The lowest BCUT2D eigenvalue weighted by Gasteiger charge is -2.37. The molecule has 1 aromatic heterocycles. The van der Waals surface area contributed by atoms with Gasteiger partial charge in [0.15, 0.2) is 5.69 Å². The molecular weight excluding hydrogens is 268 g/mol. The number of rotatable bonds is 2. The van der Waals surface area contributed by atoms with Crippen molar-refractivity contribution in [2.75, 3.05) is 18.0 Å². The number of aromatic carboxylic acids is 1. The third-order valence-corrected chi connectivity index (χ3v) is 3.67. The summed E-state index contributed by atoms with van der Waals surface area (Å²) in [5, 5.41) is 10.2. The van der Waals surface area contributed by atoms with Gasteiger partial charge in [-0.3, -0.25) is 0 Å². The van der Waals surface area contributed by atoms with E-state index in [1.165, 1.54) is 0 Å². The minimum Gasteiger partial charge on any atom is -0.477 e. The summed E-state index contributed by atoms with van der Waals surface area (Å²) in [7, 11) is 0. The van der Waals surface area contributed by atoms with Gasteiger partial charge in [-0.2, -0.15) is 0 Å². The molecule has 1 aliphatic rings. The van der Waals surface area contributed by atoms with Gasteiger partial charge >= 0.3 is 5.97 Å². The van der Waals surface area contributed by atoms with Crippen LogP contribution in [0.5, 0.6) is 0 Å². The third-order valence-electron chi connectivity index (χ3n) is 3.67. The number of carbonyl (C=O) groups is 1. The second-order valence-corrected chi connectivity index (χ2v) is 5.51. The SMILES string of the molecule is C[C@@H]1CN(c2cc(C(=O)O)nc3ccccc23)C[C@H](C)O1. The molecule has 2 aromatic rings. The summed E-state index contributed by atoms with van der Waals surface area (Å²) in [6.45, 7) is 5.56. The largest absolute Gasteiger partial charge is 0.477 e. The second-order valence-electron chi connectivity index (χ2n) is 5.51. The molecule has 3 rings (SSSR count). The minimum atomic E-state index is -1.00. The first-order valence-corrected chi connectivity index (χ1v) is 7.08. The summed E-state index contributed by atoms with van der Waals surface area (Å²) < 4.78 is 5.75. The van der Waals surface area contributed by atoms with Crippen LogP contribution in [0.15, 0.2) is 30.3 Å². The number of hydrogen-bond donors (Lipinski definition) is 1. The van der Waals surface area contributed by atoms with E-state index in [2.05, 4.69) is 9.88 Å². The lowest BCUT2D eigenvalue weighted by Crippen LogP contribution is -2.45. The average Bonchev–Trinajstić information content (AvgIpc) is 2.45. The minimum absolute atomic E-state index is 0.0792. The Bertz CT molecular complexity index is 676. The Morgan fingerprint density at radius 2 is 1.95 bits per heavy atom. The van der Waals surface area contributed by atoms with Gasteiger partial charge in [0.25, 0.3) is 0 Å². The van der Waals surface area contributed by atoms with Crippen molar-refractivity contribution in [1.29, 1.82) is 0 Å². The number of anilines is 1. The number of nitrogens with zero attached hydrogens (tertiary/aromatic N) is 2. The smallest absolute Gasteiger partial charge is 0.354 e. The fraction of sp³-hybridized carbons (Fsp3) is 0.375. The van der Waals surface area contributed by atoms with Crippen LogP contribution in [-0.4, -0.2) is 41.4 Å². The molecule has 0 saturated carbocycles. The number of carboxylic acids is 1. The number of ether oxygens (including phenoxy) is 1. The fourth-order valence-electron chi connectivity index (χ4n) is 2.90. The van der Waals surface area contributed by atoms with Crippen LogP contribution in [0.3, 0.4) is 0 Å². The first-order valence-electron chi connectivity index (χ1n) is 7.08. The van der Waals surface area contributed by atoms with Crippen LogP contribution in [0.4, 0.5) is 5.69 Å². The third kappa shape index (κ3) is 2.69. The molecule has 0 aliphatic carbocycles. The highest BCUT2D eigenvalue weighted by molar-refractivity contribution is 5.97. The maximum atomic E-state index is 11.3. The molecular formula is C16H18N2O3. The summed E-state index contributed by atoms with van der Waals surface area (Å²) in [4.78, 5) is 17.7. The van der Waals surface area contributed by atoms with E-state index in [0.29, 0.717) is 5.52 Å². The van der Waals surface area contributed by atoms with Crippen molar-refractivity contribution in [2.45, 2.75) is 26.1 Å². The standard InChI is InChI=1S/C16H18N2O3/c1-10-8-18(9-11(2)21-10)15-7-14(16(19)20)17-13-6-4-3-5-12(13)15/h3-7,10-11H,8-9H2,1-2H3,(H,19,20)/t10-,11+. The quantitative estimate of drug-likeness (QED) is 0.919. The molecule has 21 heavy (non-hydrogen) atoms. The van der Waals surface area contributed by atoms with Crippen molar-refractivity contribution in [2.24, 2.45) is 0 Å². The lowest BCUT2D eigenvalue weighted by molar-refractivity contribution is -0.00513. The molecule has 0 bridgehead atoms. The van der Waals surface area contributed by atoms with E-state index < -0.39 is 5.97 Å². The first-order chi connectivity index (χ1) is 10.0. The zero-order valence-corrected chi connectivity index (χ0v) is 12.1. The average molecular weight is 286 g/mol. The van der Waals surface area contributed by atoms with Crippen molar-refractivity contribution >= 4 is 22.6 Å². The molecule has 110 valence electrons. The van der Waals surface area contributed by atoms with Crippen LogP contribution < -0.4 is 4.90 Å². The maximum absolute atomic E-state index is 11.3. The highest BCUT2D eigenvalue weighted by Gasteiger charge is 2.24. The predicted octanol–water partition coefficient (Wildman–Crippen LogP) is 2.55. The van der Waals surface area contributed by atoms with Gasteiger partial charge in [0, 0.05) is 24.2 Å². The molecule has 0 spiro atoms. The van der Waals surface area contributed by atoms with Crippen molar-refractivity contribution < 1.29 is 14.6 Å². The topological polar surface area (TPSA) is 62.7 Å². The normalized spacial score (nSPS) is 22.5. The van der Waals surface area contributed by atoms with Crippen molar-refractivity contribution in [3.8, 4) is 0 Å². The number of fused-ring (bicyclic) bond motifs is 1. The van der Waals surface area contributed by atoms with Gasteiger partial charge in [-0.15, -0.1) is 0 Å². The van der Waals surface area contributed by atoms with Crippen LogP contribution in [0.2, 0.25) is 0 Å². The molecule has 5 nitrogen and oxygen atoms in total. The van der Waals surface area contributed by atoms with Crippen LogP contribution in [0.25, 0.3) is 10.9 Å². The molecule has 1 aliphatic heterocycles. The summed E-state index contributed by atoms with van der Waals surface area (Å²) in [5.74, 6) is -1.00. The Hall–Kier alpha value is -2.14. The second kappa shape index (κ2) is 5.33. The number of hydrogen-bond acceptors (Lipinski definition) is 4. The van der Waals surface area contributed by atoms with E-state index in [-0.39, 0.29) is 17.9 Å². The summed E-state index contributed by atoms with van der Waals surface area (Å²) >= 11 is 0. The van der Waals surface area contributed by atoms with Gasteiger partial charge < -0.3 is 14.7 Å². The monoisotopic (exact) mass is 286 g/mol. The number of para-hydroxylation sites is 1. The van der Waals surface area contributed by atoms with Gasteiger partial charge in [0.1, 0.15) is 0 Å². The van der Waals surface area contributed by atoms with E-state index in [9.17, 15) is 9.90 Å². The Balaban J connectivity index is 2.13. The molecule has 0 amide bonds. The predicted molar refractivity (Wildman–Crippen MR) is 80.9 cm³/mol. The summed E-state index contributed by atoms with van der Waals surface area (Å²) in [6.07, 6.45) is 0.239. The summed E-state index contributed by atoms with van der Waals surface area (Å²) in [5.41, 5.74) is 1.70. The zero-order valence-electron chi connectivity index (χ0n) is 12.1. The van der Waals surface area contributed by atoms with E-state index in [1.54, 1.807) is 6.07 Å². The molecule has 2 heterocycles.